The van der Waals surface area contributed by atoms with Gasteiger partial charge < -0.3 is 15.3 Å². The van der Waals surface area contributed by atoms with Gasteiger partial charge in [-0.25, -0.2) is 4.79 Å². The van der Waals surface area contributed by atoms with Crippen molar-refractivity contribution in [2.75, 3.05) is 13.2 Å². The molecule has 0 aliphatic rings. The molecule has 0 aromatic heterocycles. The van der Waals surface area contributed by atoms with Gasteiger partial charge in [0, 0.05) is 5.57 Å². The van der Waals surface area contributed by atoms with Gasteiger partial charge in [0.05, 0.1) is 13.2 Å². The lowest BCUT2D eigenvalue weighted by molar-refractivity contribution is -0.132. The van der Waals surface area contributed by atoms with Crippen LogP contribution in [0.5, 0.6) is 0 Å². The molecule has 0 bridgehead atoms. The van der Waals surface area contributed by atoms with Crippen molar-refractivity contribution < 1.29 is 20.1 Å². The topological polar surface area (TPSA) is 77.8 Å². The van der Waals surface area contributed by atoms with Gasteiger partial charge in [-0.15, -0.1) is 13.2 Å². The van der Waals surface area contributed by atoms with E-state index in [0.717, 1.165) is 0 Å². The van der Waals surface area contributed by atoms with E-state index in [1.165, 1.54) is 6.92 Å². The summed E-state index contributed by atoms with van der Waals surface area (Å²) in [7, 11) is 0. The Morgan fingerprint density at radius 1 is 1.12 bits per heavy atom. The summed E-state index contributed by atoms with van der Waals surface area (Å²) in [5, 5.41) is 23.1. The molecule has 0 fully saturated rings. The fourth-order valence-corrected chi connectivity index (χ4v) is 0. The standard InChI is InChI=1S/C4H6O2.2C3H6.C2H6O2/c1-3(2)4(5)6;2*1-3-2;3-1-2-4/h1H2,2H3,(H,5,6);2*3H,1H2,2H3;3-4H,1-2H2. The fourth-order valence-electron chi connectivity index (χ4n) is 0. The first-order valence-corrected chi connectivity index (χ1v) is 4.63. The lowest BCUT2D eigenvalue weighted by Crippen LogP contribution is -1.92. The molecule has 16 heavy (non-hydrogen) atoms. The fraction of sp³-hybridized carbons (Fsp3) is 0.417. The van der Waals surface area contributed by atoms with Crippen molar-refractivity contribution >= 4 is 5.97 Å². The Morgan fingerprint density at radius 2 is 1.25 bits per heavy atom. The van der Waals surface area contributed by atoms with Crippen LogP contribution in [-0.2, 0) is 4.79 Å². The minimum absolute atomic E-state index is 0.125. The number of allylic oxidation sites excluding steroid dienone is 2. The van der Waals surface area contributed by atoms with Crippen LogP contribution in [-0.4, -0.2) is 34.5 Å². The van der Waals surface area contributed by atoms with Crippen molar-refractivity contribution in [3.63, 3.8) is 0 Å². The maximum absolute atomic E-state index is 9.60. The lowest BCUT2D eigenvalue weighted by atomic mass is 10.4. The van der Waals surface area contributed by atoms with Gasteiger partial charge in [-0.2, -0.15) is 0 Å². The number of hydrogen-bond donors (Lipinski definition) is 3. The summed E-state index contributed by atoms with van der Waals surface area (Å²) in [6.45, 7) is 14.9. The van der Waals surface area contributed by atoms with Gasteiger partial charge >= 0.3 is 5.97 Å². The molecular weight excluding hydrogens is 208 g/mol. The van der Waals surface area contributed by atoms with E-state index in [-0.39, 0.29) is 18.8 Å². The molecule has 0 rings (SSSR count). The molecule has 0 aromatic carbocycles. The van der Waals surface area contributed by atoms with Crippen LogP contribution in [0, 0.1) is 0 Å². The number of carboxylic acids is 1. The van der Waals surface area contributed by atoms with Gasteiger partial charge in [0.25, 0.3) is 0 Å². The second-order valence-corrected chi connectivity index (χ2v) is 2.35. The van der Waals surface area contributed by atoms with Crippen molar-refractivity contribution in [3.8, 4) is 0 Å². The van der Waals surface area contributed by atoms with E-state index in [0.29, 0.717) is 0 Å². The third-order valence-electron chi connectivity index (χ3n) is 0.465. The SMILES string of the molecule is C=C(C)C(=O)O.C=CC.C=CC.OCCO. The normalized spacial score (nSPS) is 6.31. The van der Waals surface area contributed by atoms with Crippen LogP contribution in [0.1, 0.15) is 20.8 Å². The monoisotopic (exact) mass is 232 g/mol. The van der Waals surface area contributed by atoms with E-state index in [9.17, 15) is 4.79 Å². The molecule has 96 valence electrons. The van der Waals surface area contributed by atoms with Gasteiger partial charge in [-0.3, -0.25) is 0 Å². The predicted molar refractivity (Wildman–Crippen MR) is 68.4 cm³/mol. The van der Waals surface area contributed by atoms with Gasteiger partial charge in [0.1, 0.15) is 0 Å². The number of hydrogen-bond acceptors (Lipinski definition) is 3. The zero-order valence-electron chi connectivity index (χ0n) is 10.4. The molecule has 0 aliphatic heterocycles. The van der Waals surface area contributed by atoms with Crippen molar-refractivity contribution in [3.05, 3.63) is 37.5 Å². The van der Waals surface area contributed by atoms with Gasteiger partial charge in [0.2, 0.25) is 0 Å². The molecule has 0 unspecified atom stereocenters. The highest BCUT2D eigenvalue weighted by Gasteiger charge is 1.90. The van der Waals surface area contributed by atoms with E-state index in [1.54, 1.807) is 12.2 Å². The number of aliphatic hydroxyl groups is 2. The highest BCUT2D eigenvalue weighted by molar-refractivity contribution is 5.84. The van der Waals surface area contributed by atoms with E-state index in [4.69, 9.17) is 15.3 Å². The maximum atomic E-state index is 9.60. The summed E-state index contributed by atoms with van der Waals surface area (Å²) >= 11 is 0. The molecule has 0 spiro atoms. The zero-order valence-corrected chi connectivity index (χ0v) is 10.4. The highest BCUT2D eigenvalue weighted by atomic mass is 16.4. The van der Waals surface area contributed by atoms with Crippen LogP contribution >= 0.6 is 0 Å². The molecule has 0 radical (unpaired) electrons. The van der Waals surface area contributed by atoms with E-state index < -0.39 is 5.97 Å². The number of carboxylic acid groups (broad SMARTS) is 1. The number of rotatable bonds is 2. The van der Waals surface area contributed by atoms with Crippen molar-refractivity contribution in [1.82, 2.24) is 0 Å². The summed E-state index contributed by atoms with van der Waals surface area (Å²) in [5.41, 5.74) is 0.176. The van der Waals surface area contributed by atoms with Crippen LogP contribution in [0.4, 0.5) is 0 Å². The largest absolute Gasteiger partial charge is 0.478 e. The summed E-state index contributed by atoms with van der Waals surface area (Å²) < 4.78 is 0. The maximum Gasteiger partial charge on any atom is 0.330 e. The molecule has 3 N–H and O–H groups in total. The molecule has 0 aliphatic carbocycles. The van der Waals surface area contributed by atoms with Crippen LogP contribution in [0.3, 0.4) is 0 Å². The Hall–Kier alpha value is -1.39. The Morgan fingerprint density at radius 3 is 1.25 bits per heavy atom. The van der Waals surface area contributed by atoms with Crippen LogP contribution in [0.15, 0.2) is 37.5 Å². The van der Waals surface area contributed by atoms with Gasteiger partial charge in [0.15, 0.2) is 0 Å². The predicted octanol–water partition coefficient (Wildman–Crippen LogP) is 2.00. The second-order valence-electron chi connectivity index (χ2n) is 2.35. The van der Waals surface area contributed by atoms with E-state index in [2.05, 4.69) is 19.7 Å². The van der Waals surface area contributed by atoms with Crippen LogP contribution in [0.25, 0.3) is 0 Å². The van der Waals surface area contributed by atoms with E-state index >= 15 is 0 Å². The van der Waals surface area contributed by atoms with Crippen molar-refractivity contribution in [1.29, 1.82) is 0 Å². The number of aliphatic hydroxyl groups excluding tert-OH is 2. The van der Waals surface area contributed by atoms with Gasteiger partial charge in [-0.1, -0.05) is 18.7 Å². The molecule has 0 saturated heterocycles. The summed E-state index contributed by atoms with van der Waals surface area (Å²) in [4.78, 5) is 9.60. The zero-order chi connectivity index (χ0) is 14.0. The van der Waals surface area contributed by atoms with Crippen LogP contribution < -0.4 is 0 Å². The first-order valence-electron chi connectivity index (χ1n) is 4.63. The average molecular weight is 232 g/mol. The third kappa shape index (κ3) is 130. The number of carbonyl (C=O) groups is 1. The first kappa shape index (κ1) is 24.0. The average Bonchev–Trinajstić information content (AvgIpc) is 2.20. The minimum atomic E-state index is -0.935. The molecule has 0 aromatic rings. The molecule has 0 heterocycles. The molecule has 0 atom stereocenters. The Kier molecular flexibility index (Phi) is 43.9. The summed E-state index contributed by atoms with van der Waals surface area (Å²) in [6, 6.07) is 0. The lowest BCUT2D eigenvalue weighted by Gasteiger charge is -1.79. The van der Waals surface area contributed by atoms with Crippen LogP contribution in [0.2, 0.25) is 0 Å². The summed E-state index contributed by atoms with van der Waals surface area (Å²) in [6.07, 6.45) is 3.50. The highest BCUT2D eigenvalue weighted by Crippen LogP contribution is 1.81. The van der Waals surface area contributed by atoms with Crippen molar-refractivity contribution in [2.45, 2.75) is 20.8 Å². The molecule has 4 heteroatoms. The van der Waals surface area contributed by atoms with Crippen molar-refractivity contribution in [2.24, 2.45) is 0 Å². The minimum Gasteiger partial charge on any atom is -0.478 e. The van der Waals surface area contributed by atoms with E-state index in [1.807, 2.05) is 13.8 Å². The van der Waals surface area contributed by atoms with Gasteiger partial charge in [-0.05, 0) is 20.8 Å². The molecule has 0 saturated carbocycles. The quantitative estimate of drug-likeness (QED) is 0.502. The second kappa shape index (κ2) is 29.2. The Labute approximate surface area is 98.2 Å². The Bertz CT molecular complexity index is 154. The summed E-state index contributed by atoms with van der Waals surface area (Å²) in [5.74, 6) is -0.935. The third-order valence-corrected chi connectivity index (χ3v) is 0.465. The molecule has 0 amide bonds. The smallest absolute Gasteiger partial charge is 0.330 e. The molecular formula is C12H24O4. The Balaban J connectivity index is -0.0000000635. The molecule has 4 nitrogen and oxygen atoms in total. The number of aliphatic carboxylic acids is 1. The first-order chi connectivity index (χ1) is 7.39.